The maximum atomic E-state index is 13.6. The highest BCUT2D eigenvalue weighted by atomic mass is 35.5. The molecular weight excluding hydrogens is 474 g/mol. The lowest BCUT2D eigenvalue weighted by atomic mass is 10.2. The van der Waals surface area contributed by atoms with Crippen molar-refractivity contribution in [3.05, 3.63) is 83.4 Å². The monoisotopic (exact) mass is 491 g/mol. The second-order valence-electron chi connectivity index (χ2n) is 7.35. The maximum absolute atomic E-state index is 13.6. The number of nitrogen functional groups attached to an aromatic ring is 1. The zero-order valence-corrected chi connectivity index (χ0v) is 19.5. The molecule has 0 radical (unpaired) electrons. The van der Waals surface area contributed by atoms with Gasteiger partial charge in [0.25, 0.3) is 0 Å². The number of sulfone groups is 1. The SMILES string of the molecule is COc1ccccc1/C=N/n1c(N)c(S(=O)(=O)c2ccc(Cl)cc2)c2nc3ccccc3nc21. The van der Waals surface area contributed by atoms with Gasteiger partial charge in [-0.15, -0.1) is 0 Å². The van der Waals surface area contributed by atoms with E-state index in [-0.39, 0.29) is 26.8 Å². The number of nitrogens with two attached hydrogens (primary N) is 1. The molecule has 0 aliphatic carbocycles. The molecular formula is C24H18ClN5O3S. The second kappa shape index (κ2) is 8.44. The number of benzene rings is 3. The van der Waals surface area contributed by atoms with Gasteiger partial charge in [0, 0.05) is 10.6 Å². The van der Waals surface area contributed by atoms with Crippen LogP contribution >= 0.6 is 11.6 Å². The number of methoxy groups -OCH3 is 1. The third-order valence-electron chi connectivity index (χ3n) is 5.27. The molecule has 0 bridgehead atoms. The van der Waals surface area contributed by atoms with Crippen LogP contribution in [0.4, 0.5) is 5.82 Å². The Bertz CT molecular complexity index is 1680. The molecule has 10 heteroatoms. The first kappa shape index (κ1) is 21.9. The highest BCUT2D eigenvalue weighted by molar-refractivity contribution is 7.92. The third kappa shape index (κ3) is 3.64. The first-order valence-electron chi connectivity index (χ1n) is 10.1. The minimum atomic E-state index is -4.06. The van der Waals surface area contributed by atoms with Crippen molar-refractivity contribution < 1.29 is 13.2 Å². The molecule has 8 nitrogen and oxygen atoms in total. The van der Waals surface area contributed by atoms with Crippen LogP contribution in [-0.4, -0.2) is 36.4 Å². The predicted molar refractivity (Wildman–Crippen MR) is 132 cm³/mol. The van der Waals surface area contributed by atoms with E-state index in [1.165, 1.54) is 35.2 Å². The lowest BCUT2D eigenvalue weighted by Crippen LogP contribution is -2.06. The summed E-state index contributed by atoms with van der Waals surface area (Å²) in [7, 11) is -2.51. The number of ether oxygens (including phenoxy) is 1. The van der Waals surface area contributed by atoms with Crippen LogP contribution in [0.2, 0.25) is 5.02 Å². The molecule has 0 saturated carbocycles. The smallest absolute Gasteiger partial charge is 0.212 e. The topological polar surface area (TPSA) is 112 Å². The number of nitrogens with zero attached hydrogens (tertiary/aromatic N) is 4. The molecule has 3 aromatic carbocycles. The van der Waals surface area contributed by atoms with Crippen molar-refractivity contribution in [3.8, 4) is 5.75 Å². The van der Waals surface area contributed by atoms with Gasteiger partial charge in [-0.3, -0.25) is 0 Å². The molecule has 5 rings (SSSR count). The van der Waals surface area contributed by atoms with Crippen LogP contribution in [0.1, 0.15) is 5.56 Å². The van der Waals surface area contributed by atoms with Crippen molar-refractivity contribution in [1.82, 2.24) is 14.6 Å². The Morgan fingerprint density at radius 2 is 1.62 bits per heavy atom. The highest BCUT2D eigenvalue weighted by Crippen LogP contribution is 2.35. The number of rotatable bonds is 5. The van der Waals surface area contributed by atoms with Gasteiger partial charge in [0.2, 0.25) is 9.84 Å². The van der Waals surface area contributed by atoms with Crippen molar-refractivity contribution in [1.29, 1.82) is 0 Å². The number of hydrogen-bond acceptors (Lipinski definition) is 7. The van der Waals surface area contributed by atoms with Crippen LogP contribution < -0.4 is 10.5 Å². The van der Waals surface area contributed by atoms with Crippen molar-refractivity contribution in [3.63, 3.8) is 0 Å². The van der Waals surface area contributed by atoms with E-state index in [1.54, 1.807) is 31.4 Å². The van der Waals surface area contributed by atoms with Crippen LogP contribution in [0.3, 0.4) is 0 Å². The van der Waals surface area contributed by atoms with E-state index in [2.05, 4.69) is 15.1 Å². The second-order valence-corrected chi connectivity index (χ2v) is 9.68. The Morgan fingerprint density at radius 1 is 0.971 bits per heavy atom. The number of hydrogen-bond donors (Lipinski definition) is 1. The largest absolute Gasteiger partial charge is 0.496 e. The molecule has 0 fully saturated rings. The van der Waals surface area contributed by atoms with E-state index in [4.69, 9.17) is 22.1 Å². The van der Waals surface area contributed by atoms with E-state index in [0.717, 1.165) is 0 Å². The van der Waals surface area contributed by atoms with Gasteiger partial charge in [-0.1, -0.05) is 35.9 Å². The van der Waals surface area contributed by atoms with E-state index in [0.29, 0.717) is 27.4 Å². The fourth-order valence-corrected chi connectivity index (χ4v) is 5.24. The number of para-hydroxylation sites is 3. The Morgan fingerprint density at radius 3 is 2.32 bits per heavy atom. The molecule has 0 atom stereocenters. The van der Waals surface area contributed by atoms with E-state index in [1.807, 2.05) is 24.3 Å². The van der Waals surface area contributed by atoms with Gasteiger partial charge in [0.05, 0.1) is 29.3 Å². The third-order valence-corrected chi connectivity index (χ3v) is 7.36. The van der Waals surface area contributed by atoms with Crippen LogP contribution in [0.15, 0.2) is 87.7 Å². The quantitative estimate of drug-likeness (QED) is 0.361. The number of anilines is 1. The van der Waals surface area contributed by atoms with Crippen LogP contribution in [0.5, 0.6) is 5.75 Å². The van der Waals surface area contributed by atoms with Crippen molar-refractivity contribution in [2.24, 2.45) is 5.10 Å². The average Bonchev–Trinajstić information content (AvgIpc) is 3.12. The molecule has 0 saturated heterocycles. The predicted octanol–water partition coefficient (Wildman–Crippen LogP) is 4.54. The van der Waals surface area contributed by atoms with Gasteiger partial charge < -0.3 is 10.5 Å². The Hall–Kier alpha value is -3.95. The summed E-state index contributed by atoms with van der Waals surface area (Å²) in [5, 5.41) is 4.88. The molecule has 170 valence electrons. The summed E-state index contributed by atoms with van der Waals surface area (Å²) in [5.74, 6) is 0.498. The molecule has 0 unspecified atom stereocenters. The van der Waals surface area contributed by atoms with Crippen LogP contribution in [0, 0.1) is 0 Å². The summed E-state index contributed by atoms with van der Waals surface area (Å²) in [5.41, 5.74) is 8.54. The number of fused-ring (bicyclic) bond motifs is 2. The van der Waals surface area contributed by atoms with Gasteiger partial charge in [-0.05, 0) is 48.5 Å². The lowest BCUT2D eigenvalue weighted by molar-refractivity contribution is 0.414. The van der Waals surface area contributed by atoms with E-state index >= 15 is 0 Å². The van der Waals surface area contributed by atoms with Crippen molar-refractivity contribution in [2.45, 2.75) is 9.79 Å². The summed E-state index contributed by atoms with van der Waals surface area (Å²) in [6.45, 7) is 0. The fraction of sp³-hybridized carbons (Fsp3) is 0.0417. The first-order valence-corrected chi connectivity index (χ1v) is 12.0. The molecule has 0 spiro atoms. The van der Waals surface area contributed by atoms with Crippen LogP contribution in [0.25, 0.3) is 22.2 Å². The van der Waals surface area contributed by atoms with Crippen molar-refractivity contribution >= 4 is 55.7 Å². The van der Waals surface area contributed by atoms with E-state index < -0.39 is 9.84 Å². The molecule has 0 aliphatic heterocycles. The maximum Gasteiger partial charge on any atom is 0.212 e. The summed E-state index contributed by atoms with van der Waals surface area (Å²) >= 11 is 5.95. The van der Waals surface area contributed by atoms with Crippen LogP contribution in [-0.2, 0) is 9.84 Å². The molecule has 2 heterocycles. The molecule has 34 heavy (non-hydrogen) atoms. The van der Waals surface area contributed by atoms with E-state index in [9.17, 15) is 8.42 Å². The molecule has 2 aromatic heterocycles. The summed E-state index contributed by atoms with van der Waals surface area (Å²) in [6.07, 6.45) is 1.53. The number of aromatic nitrogens is 3. The average molecular weight is 492 g/mol. The summed E-state index contributed by atoms with van der Waals surface area (Å²) < 4.78 is 33.9. The zero-order valence-electron chi connectivity index (χ0n) is 17.9. The van der Waals surface area contributed by atoms with Gasteiger partial charge in [-0.25, -0.2) is 18.4 Å². The van der Waals surface area contributed by atoms with Gasteiger partial charge >= 0.3 is 0 Å². The molecule has 0 aliphatic rings. The lowest BCUT2D eigenvalue weighted by Gasteiger charge is -2.05. The first-order chi connectivity index (χ1) is 16.4. The summed E-state index contributed by atoms with van der Waals surface area (Å²) in [6, 6.07) is 20.3. The minimum absolute atomic E-state index is 0.0336. The Kier molecular flexibility index (Phi) is 5.43. The molecule has 5 aromatic rings. The van der Waals surface area contributed by atoms with Crippen molar-refractivity contribution in [2.75, 3.05) is 12.8 Å². The number of halogens is 1. The highest BCUT2D eigenvalue weighted by Gasteiger charge is 2.30. The molecule has 2 N–H and O–H groups in total. The Balaban J connectivity index is 1.79. The normalized spacial score (nSPS) is 12.1. The fourth-order valence-electron chi connectivity index (χ4n) is 3.63. The zero-order chi connectivity index (χ0) is 23.9. The summed E-state index contributed by atoms with van der Waals surface area (Å²) in [4.78, 5) is 9.08. The van der Waals surface area contributed by atoms with Gasteiger partial charge in [-0.2, -0.15) is 9.78 Å². The van der Waals surface area contributed by atoms with Gasteiger partial charge in [0.1, 0.15) is 22.0 Å². The Labute approximate surface area is 200 Å². The molecule has 0 amide bonds. The minimum Gasteiger partial charge on any atom is -0.496 e. The van der Waals surface area contributed by atoms with Gasteiger partial charge in [0.15, 0.2) is 5.65 Å². The standard InChI is InChI=1S/C24H18ClN5O3S/c1-33-20-9-5-2-6-15(20)14-27-30-23(26)22(34(31,32)17-12-10-16(25)11-13-17)21-24(30)29-19-8-4-3-7-18(19)28-21/h2-14H,26H2,1H3/b27-14+.